The number of nitrogens with two attached hydrogens (primary N) is 1. The van der Waals surface area contributed by atoms with Gasteiger partial charge in [-0.25, -0.2) is 0 Å². The lowest BCUT2D eigenvalue weighted by molar-refractivity contribution is 1.23. The summed E-state index contributed by atoms with van der Waals surface area (Å²) in [6.07, 6.45) is 7.69. The second-order valence-electron chi connectivity index (χ2n) is 3.61. The Balaban J connectivity index is 2.31. The molecule has 0 unspecified atom stereocenters. The van der Waals surface area contributed by atoms with Crippen molar-refractivity contribution in [1.82, 2.24) is 0 Å². The van der Waals surface area contributed by atoms with Crippen LogP contribution in [0.25, 0.3) is 5.57 Å². The van der Waals surface area contributed by atoms with E-state index in [9.17, 15) is 0 Å². The van der Waals surface area contributed by atoms with Crippen LogP contribution in [-0.4, -0.2) is 0 Å². The lowest BCUT2D eigenvalue weighted by Crippen LogP contribution is -1.92. The van der Waals surface area contributed by atoms with Gasteiger partial charge in [0.05, 0.1) is 0 Å². The highest BCUT2D eigenvalue weighted by atomic mass is 14.5. The SMILES string of the molecule is CC1=CC[CH]C(c2ccc(N)cc2)=C1. The number of hydrogen-bond acceptors (Lipinski definition) is 1. The van der Waals surface area contributed by atoms with E-state index in [4.69, 9.17) is 5.73 Å². The first kappa shape index (κ1) is 9.07. The first-order valence-corrected chi connectivity index (χ1v) is 4.83. The van der Waals surface area contributed by atoms with E-state index in [0.717, 1.165) is 12.1 Å². The zero-order valence-corrected chi connectivity index (χ0v) is 8.33. The molecule has 2 N–H and O–H groups in total. The van der Waals surface area contributed by atoms with Gasteiger partial charge in [-0.2, -0.15) is 0 Å². The van der Waals surface area contributed by atoms with E-state index in [0.29, 0.717) is 0 Å². The lowest BCUT2D eigenvalue weighted by atomic mass is 9.94. The minimum absolute atomic E-state index is 0.817. The largest absolute Gasteiger partial charge is 0.399 e. The fraction of sp³-hybridized carbons (Fsp3) is 0.154. The second-order valence-corrected chi connectivity index (χ2v) is 3.61. The Labute approximate surface area is 84.9 Å². The molecule has 1 aliphatic rings. The molecule has 2 rings (SSSR count). The van der Waals surface area contributed by atoms with E-state index >= 15 is 0 Å². The van der Waals surface area contributed by atoms with Crippen LogP contribution in [0.4, 0.5) is 5.69 Å². The molecule has 1 radical (unpaired) electrons. The third-order valence-corrected chi connectivity index (χ3v) is 2.40. The van der Waals surface area contributed by atoms with Gasteiger partial charge in [0.2, 0.25) is 0 Å². The van der Waals surface area contributed by atoms with E-state index in [1.165, 1.54) is 16.7 Å². The summed E-state index contributed by atoms with van der Waals surface area (Å²) in [7, 11) is 0. The molecule has 0 aliphatic heterocycles. The minimum Gasteiger partial charge on any atom is -0.399 e. The molecule has 1 aromatic carbocycles. The van der Waals surface area contributed by atoms with Crippen LogP contribution in [0.2, 0.25) is 0 Å². The van der Waals surface area contributed by atoms with E-state index in [-0.39, 0.29) is 0 Å². The maximum atomic E-state index is 5.64. The average Bonchev–Trinajstić information content (AvgIpc) is 2.19. The fourth-order valence-corrected chi connectivity index (χ4v) is 1.61. The van der Waals surface area contributed by atoms with Gasteiger partial charge in [0.25, 0.3) is 0 Å². The Kier molecular flexibility index (Phi) is 2.40. The van der Waals surface area contributed by atoms with E-state index in [1.54, 1.807) is 0 Å². The molecular weight excluding hydrogens is 170 g/mol. The van der Waals surface area contributed by atoms with Crippen molar-refractivity contribution in [2.24, 2.45) is 0 Å². The molecule has 71 valence electrons. The van der Waals surface area contributed by atoms with Gasteiger partial charge >= 0.3 is 0 Å². The summed E-state index contributed by atoms with van der Waals surface area (Å²) >= 11 is 0. The minimum atomic E-state index is 0.817. The maximum absolute atomic E-state index is 5.64. The molecule has 1 nitrogen and oxygen atoms in total. The van der Waals surface area contributed by atoms with Gasteiger partial charge in [-0.05, 0) is 43.0 Å². The normalized spacial score (nSPS) is 16.1. The van der Waals surface area contributed by atoms with E-state index < -0.39 is 0 Å². The number of benzene rings is 1. The third kappa shape index (κ3) is 1.87. The Morgan fingerprint density at radius 1 is 1.14 bits per heavy atom. The van der Waals surface area contributed by atoms with Crippen molar-refractivity contribution in [2.45, 2.75) is 13.3 Å². The predicted octanol–water partition coefficient (Wildman–Crippen LogP) is 3.21. The molecular formula is C13H14N. The van der Waals surface area contributed by atoms with Gasteiger partial charge in [0, 0.05) is 5.69 Å². The maximum Gasteiger partial charge on any atom is 0.0314 e. The molecule has 14 heavy (non-hydrogen) atoms. The molecule has 0 aromatic heterocycles. The summed E-state index contributed by atoms with van der Waals surface area (Å²) in [5, 5.41) is 0. The van der Waals surface area contributed by atoms with Crippen molar-refractivity contribution in [2.75, 3.05) is 5.73 Å². The Morgan fingerprint density at radius 2 is 1.86 bits per heavy atom. The summed E-state index contributed by atoms with van der Waals surface area (Å²) in [6, 6.07) is 8.02. The van der Waals surface area contributed by atoms with Crippen molar-refractivity contribution in [3.63, 3.8) is 0 Å². The molecule has 0 saturated carbocycles. The zero-order chi connectivity index (χ0) is 9.97. The molecule has 1 aromatic rings. The first-order valence-electron chi connectivity index (χ1n) is 4.83. The van der Waals surface area contributed by atoms with Gasteiger partial charge in [-0.3, -0.25) is 0 Å². The smallest absolute Gasteiger partial charge is 0.0314 e. The number of rotatable bonds is 1. The van der Waals surface area contributed by atoms with Crippen LogP contribution < -0.4 is 5.73 Å². The summed E-state index contributed by atoms with van der Waals surface area (Å²) in [5.74, 6) is 0. The van der Waals surface area contributed by atoms with Crippen LogP contribution in [0, 0.1) is 6.42 Å². The van der Waals surface area contributed by atoms with Crippen molar-refractivity contribution in [3.8, 4) is 0 Å². The number of nitrogen functional groups attached to an aromatic ring is 1. The van der Waals surface area contributed by atoms with E-state index in [1.807, 2.05) is 12.1 Å². The highest BCUT2D eigenvalue weighted by Gasteiger charge is 2.05. The summed E-state index contributed by atoms with van der Waals surface area (Å²) in [4.78, 5) is 0. The van der Waals surface area contributed by atoms with E-state index in [2.05, 4.69) is 37.6 Å². The monoisotopic (exact) mass is 184 g/mol. The van der Waals surface area contributed by atoms with Crippen molar-refractivity contribution >= 4 is 11.3 Å². The quantitative estimate of drug-likeness (QED) is 0.666. The third-order valence-electron chi connectivity index (χ3n) is 2.40. The Hall–Kier alpha value is -1.50. The molecule has 1 heteroatoms. The summed E-state index contributed by atoms with van der Waals surface area (Å²) in [6.45, 7) is 2.13. The van der Waals surface area contributed by atoms with Gasteiger partial charge < -0.3 is 5.73 Å². The average molecular weight is 184 g/mol. The summed E-state index contributed by atoms with van der Waals surface area (Å²) < 4.78 is 0. The van der Waals surface area contributed by atoms with Gasteiger partial charge in [-0.1, -0.05) is 29.9 Å². The molecule has 0 saturated heterocycles. The van der Waals surface area contributed by atoms with Crippen molar-refractivity contribution < 1.29 is 0 Å². The molecule has 0 heterocycles. The standard InChI is InChI=1S/C13H14N/c1-10-3-2-4-12(9-10)11-5-7-13(14)8-6-11/h3-9H,2,14H2,1H3. The molecule has 1 aliphatic carbocycles. The highest BCUT2D eigenvalue weighted by Crippen LogP contribution is 2.25. The molecule has 0 fully saturated rings. The Morgan fingerprint density at radius 3 is 2.50 bits per heavy atom. The molecule has 0 atom stereocenters. The Bertz CT molecular complexity index is 382. The predicted molar refractivity (Wildman–Crippen MR) is 61.5 cm³/mol. The highest BCUT2D eigenvalue weighted by molar-refractivity contribution is 5.76. The van der Waals surface area contributed by atoms with Crippen LogP contribution >= 0.6 is 0 Å². The number of allylic oxidation sites excluding steroid dienone is 4. The first-order chi connectivity index (χ1) is 6.75. The van der Waals surface area contributed by atoms with Crippen molar-refractivity contribution in [3.05, 3.63) is 54.0 Å². The van der Waals surface area contributed by atoms with Gasteiger partial charge in [-0.15, -0.1) is 0 Å². The molecule has 0 bridgehead atoms. The van der Waals surface area contributed by atoms with Crippen LogP contribution in [-0.2, 0) is 0 Å². The van der Waals surface area contributed by atoms with Gasteiger partial charge in [0.15, 0.2) is 0 Å². The number of hydrogen-bond donors (Lipinski definition) is 1. The topological polar surface area (TPSA) is 26.0 Å². The zero-order valence-electron chi connectivity index (χ0n) is 8.33. The van der Waals surface area contributed by atoms with Crippen LogP contribution in [0.15, 0.2) is 42.0 Å². The second kappa shape index (κ2) is 3.70. The van der Waals surface area contributed by atoms with Crippen LogP contribution in [0.5, 0.6) is 0 Å². The van der Waals surface area contributed by atoms with Crippen molar-refractivity contribution in [1.29, 1.82) is 0 Å². The van der Waals surface area contributed by atoms with Crippen LogP contribution in [0.3, 0.4) is 0 Å². The number of anilines is 1. The summed E-state index contributed by atoms with van der Waals surface area (Å²) in [5.41, 5.74) is 10.3. The van der Waals surface area contributed by atoms with Gasteiger partial charge in [0.1, 0.15) is 0 Å². The van der Waals surface area contributed by atoms with Crippen LogP contribution in [0.1, 0.15) is 18.9 Å². The molecule has 0 amide bonds. The lowest BCUT2D eigenvalue weighted by Gasteiger charge is -2.11. The molecule has 0 spiro atoms. The fourth-order valence-electron chi connectivity index (χ4n) is 1.61.